The molecule has 0 unspecified atom stereocenters. The van der Waals surface area contributed by atoms with E-state index in [9.17, 15) is 4.79 Å². The minimum Gasteiger partial charge on any atom is -0.408 e. The van der Waals surface area contributed by atoms with Crippen LogP contribution in [0.1, 0.15) is 37.4 Å². The van der Waals surface area contributed by atoms with Gasteiger partial charge in [0.15, 0.2) is 11.4 Å². The Morgan fingerprint density at radius 2 is 2.00 bits per heavy atom. The molecule has 2 aromatic heterocycles. The van der Waals surface area contributed by atoms with E-state index < -0.39 is 5.54 Å². The summed E-state index contributed by atoms with van der Waals surface area (Å²) in [7, 11) is 0. The monoisotopic (exact) mass is 350 g/mol. The smallest absolute Gasteiger partial charge is 0.408 e. The van der Waals surface area contributed by atoms with Crippen molar-refractivity contribution < 1.29 is 8.94 Å². The van der Waals surface area contributed by atoms with Crippen LogP contribution in [0, 0.1) is 0 Å². The van der Waals surface area contributed by atoms with E-state index in [0.29, 0.717) is 30.3 Å². The van der Waals surface area contributed by atoms with Crippen LogP contribution in [0.5, 0.6) is 0 Å². The number of aromatic nitrogens is 3. The number of nitrogens with two attached hydrogens (primary N) is 1. The Labute approximate surface area is 144 Å². The van der Waals surface area contributed by atoms with Crippen molar-refractivity contribution in [3.63, 3.8) is 0 Å². The van der Waals surface area contributed by atoms with Crippen molar-refractivity contribution in [2.45, 2.75) is 44.2 Å². The van der Waals surface area contributed by atoms with Crippen LogP contribution < -0.4 is 11.5 Å². The number of benzene rings is 1. The van der Waals surface area contributed by atoms with E-state index >= 15 is 0 Å². The molecule has 4 rings (SSSR count). The summed E-state index contributed by atoms with van der Waals surface area (Å²) in [5, 5.41) is 4.03. The van der Waals surface area contributed by atoms with Crippen molar-refractivity contribution in [2.24, 2.45) is 5.73 Å². The topological polar surface area (TPSA) is 100 Å². The predicted octanol–water partition coefficient (Wildman–Crippen LogP) is 2.37. The molecule has 7 nitrogen and oxygen atoms in total. The number of halogens is 1. The Kier molecular flexibility index (Phi) is 4.47. The first-order valence-electron chi connectivity index (χ1n) is 7.86. The molecule has 0 radical (unpaired) electrons. The molecule has 0 saturated heterocycles. The molecule has 2 heterocycles. The lowest BCUT2D eigenvalue weighted by Gasteiger charge is -2.17. The maximum atomic E-state index is 11.9. The molecule has 0 bridgehead atoms. The highest BCUT2D eigenvalue weighted by Gasteiger charge is 2.35. The predicted molar refractivity (Wildman–Crippen MR) is 90.1 cm³/mol. The van der Waals surface area contributed by atoms with Gasteiger partial charge in [-0.1, -0.05) is 30.1 Å². The minimum absolute atomic E-state index is 0. The molecule has 1 aliphatic carbocycles. The van der Waals surface area contributed by atoms with E-state index in [1.165, 1.54) is 0 Å². The van der Waals surface area contributed by atoms with Crippen LogP contribution >= 0.6 is 12.4 Å². The molecule has 0 amide bonds. The van der Waals surface area contributed by atoms with E-state index in [1.54, 1.807) is 10.6 Å². The lowest BCUT2D eigenvalue weighted by Crippen LogP contribution is -2.34. The summed E-state index contributed by atoms with van der Waals surface area (Å²) < 4.78 is 12.1. The van der Waals surface area contributed by atoms with Crippen molar-refractivity contribution in [1.29, 1.82) is 0 Å². The summed E-state index contributed by atoms with van der Waals surface area (Å²) in [5.74, 6) is 0.695. The number of hydrogen-bond donors (Lipinski definition) is 1. The van der Waals surface area contributed by atoms with Crippen molar-refractivity contribution in [3.8, 4) is 0 Å². The van der Waals surface area contributed by atoms with Gasteiger partial charge in [0.2, 0.25) is 5.89 Å². The van der Waals surface area contributed by atoms with Crippen LogP contribution in [0.2, 0.25) is 0 Å². The Morgan fingerprint density at radius 3 is 2.79 bits per heavy atom. The fraction of sp³-hybridized carbons (Fsp3) is 0.438. The zero-order valence-electron chi connectivity index (χ0n) is 13.1. The van der Waals surface area contributed by atoms with E-state index in [-0.39, 0.29) is 18.2 Å². The zero-order valence-corrected chi connectivity index (χ0v) is 13.9. The van der Waals surface area contributed by atoms with E-state index in [2.05, 4.69) is 10.1 Å². The van der Waals surface area contributed by atoms with Crippen LogP contribution in [-0.4, -0.2) is 14.7 Å². The van der Waals surface area contributed by atoms with Gasteiger partial charge in [-0.15, -0.1) is 12.4 Å². The molecule has 8 heteroatoms. The third kappa shape index (κ3) is 2.85. The Balaban J connectivity index is 0.00000169. The molecule has 2 N–H and O–H groups in total. The van der Waals surface area contributed by atoms with Crippen molar-refractivity contribution in [1.82, 2.24) is 14.7 Å². The Bertz CT molecular complexity index is 892. The number of oxazole rings is 1. The second kappa shape index (κ2) is 6.41. The van der Waals surface area contributed by atoms with Gasteiger partial charge in [-0.25, -0.2) is 4.79 Å². The second-order valence-corrected chi connectivity index (χ2v) is 6.11. The molecular weight excluding hydrogens is 332 g/mol. The third-order valence-electron chi connectivity index (χ3n) is 4.53. The average molecular weight is 351 g/mol. The van der Waals surface area contributed by atoms with Gasteiger partial charge in [-0.2, -0.15) is 4.98 Å². The summed E-state index contributed by atoms with van der Waals surface area (Å²) in [6.45, 7) is 0.426. The maximum Gasteiger partial charge on any atom is 0.419 e. The van der Waals surface area contributed by atoms with Gasteiger partial charge in [0.05, 0.1) is 11.1 Å². The second-order valence-electron chi connectivity index (χ2n) is 6.11. The van der Waals surface area contributed by atoms with Gasteiger partial charge in [0.25, 0.3) is 0 Å². The van der Waals surface area contributed by atoms with Gasteiger partial charge < -0.3 is 14.7 Å². The van der Waals surface area contributed by atoms with Crippen molar-refractivity contribution in [2.75, 3.05) is 0 Å². The molecule has 3 aromatic rings. The fourth-order valence-corrected chi connectivity index (χ4v) is 3.22. The van der Waals surface area contributed by atoms with Crippen LogP contribution in [0.4, 0.5) is 0 Å². The average Bonchev–Trinajstić information content (AvgIpc) is 3.24. The molecule has 1 aromatic carbocycles. The molecule has 1 aliphatic rings. The summed E-state index contributed by atoms with van der Waals surface area (Å²) >= 11 is 0. The molecule has 0 aliphatic heterocycles. The normalized spacial score (nSPS) is 16.4. The highest BCUT2D eigenvalue weighted by molar-refractivity contribution is 5.85. The largest absolute Gasteiger partial charge is 0.419 e. The summed E-state index contributed by atoms with van der Waals surface area (Å²) in [4.78, 5) is 16.4. The van der Waals surface area contributed by atoms with Gasteiger partial charge in [0.1, 0.15) is 0 Å². The van der Waals surface area contributed by atoms with Gasteiger partial charge in [-0.05, 0) is 25.0 Å². The standard InChI is InChI=1S/C16H18N4O3.ClH/c17-16(8-3-4-9-16)14-18-13(23-19-14)7-10-20-11-5-1-2-6-12(11)22-15(20)21;/h1-2,5-6H,3-4,7-10,17H2;1H. The number of fused-ring (bicyclic) bond motifs is 1. The number of nitrogens with zero attached hydrogens (tertiary/aromatic N) is 3. The number of para-hydroxylation sites is 2. The first kappa shape index (κ1) is 16.7. The lowest BCUT2D eigenvalue weighted by molar-refractivity contribution is 0.344. The van der Waals surface area contributed by atoms with E-state index in [0.717, 1.165) is 31.2 Å². The molecule has 1 saturated carbocycles. The zero-order chi connectivity index (χ0) is 15.9. The molecule has 0 atom stereocenters. The number of hydrogen-bond acceptors (Lipinski definition) is 6. The summed E-state index contributed by atoms with van der Waals surface area (Å²) in [5.41, 5.74) is 7.22. The molecule has 24 heavy (non-hydrogen) atoms. The molecular formula is C16H19ClN4O3. The molecule has 1 fully saturated rings. The Morgan fingerprint density at radius 1 is 1.25 bits per heavy atom. The van der Waals surface area contributed by atoms with Crippen LogP contribution in [0.15, 0.2) is 38.0 Å². The molecule has 0 spiro atoms. The highest BCUT2D eigenvalue weighted by Crippen LogP contribution is 2.34. The molecule has 128 valence electrons. The van der Waals surface area contributed by atoms with Crippen molar-refractivity contribution in [3.05, 3.63) is 46.5 Å². The van der Waals surface area contributed by atoms with Gasteiger partial charge in [-0.3, -0.25) is 4.57 Å². The van der Waals surface area contributed by atoms with Gasteiger partial charge in [0, 0.05) is 13.0 Å². The fourth-order valence-electron chi connectivity index (χ4n) is 3.22. The lowest BCUT2D eigenvalue weighted by atomic mass is 9.99. The first-order chi connectivity index (χ1) is 11.2. The number of rotatable bonds is 4. The van der Waals surface area contributed by atoms with Crippen molar-refractivity contribution >= 4 is 23.5 Å². The van der Waals surface area contributed by atoms with E-state index in [4.69, 9.17) is 14.7 Å². The highest BCUT2D eigenvalue weighted by atomic mass is 35.5. The summed E-state index contributed by atoms with van der Waals surface area (Å²) in [6.07, 6.45) is 4.43. The number of aryl methyl sites for hydroxylation is 2. The van der Waals surface area contributed by atoms with Gasteiger partial charge >= 0.3 is 5.76 Å². The maximum absolute atomic E-state index is 11.9. The Hall–Kier alpha value is -2.12. The SMILES string of the molecule is Cl.NC1(c2noc(CCn3c(=O)oc4ccccc43)n2)CCCC1. The quantitative estimate of drug-likeness (QED) is 0.775. The van der Waals surface area contributed by atoms with E-state index in [1.807, 2.05) is 18.2 Å². The van der Waals surface area contributed by atoms with Crippen LogP contribution in [0.3, 0.4) is 0 Å². The van der Waals surface area contributed by atoms with Crippen LogP contribution in [-0.2, 0) is 18.5 Å². The third-order valence-corrected chi connectivity index (χ3v) is 4.53. The first-order valence-corrected chi connectivity index (χ1v) is 7.86. The van der Waals surface area contributed by atoms with Crippen LogP contribution in [0.25, 0.3) is 11.1 Å². The minimum atomic E-state index is -0.457. The summed E-state index contributed by atoms with van der Waals surface area (Å²) in [6, 6.07) is 7.34.